The predicted molar refractivity (Wildman–Crippen MR) is 149 cm³/mol. The molecule has 7 rings (SSSR count). The molecule has 38 heavy (non-hydrogen) atoms. The summed E-state index contributed by atoms with van der Waals surface area (Å²) in [6, 6.07) is 7.32. The third-order valence-electron chi connectivity index (χ3n) is 9.68. The van der Waals surface area contributed by atoms with Crippen molar-refractivity contribution in [2.24, 2.45) is 10.9 Å². The first kappa shape index (κ1) is 24.3. The van der Waals surface area contributed by atoms with Gasteiger partial charge in [-0.1, -0.05) is 6.08 Å². The number of rotatable bonds is 3. The topological polar surface area (TPSA) is 66.4 Å². The first-order valence-electron chi connectivity index (χ1n) is 14.4. The Morgan fingerprint density at radius 3 is 2.58 bits per heavy atom. The van der Waals surface area contributed by atoms with E-state index in [4.69, 9.17) is 9.47 Å². The fourth-order valence-corrected chi connectivity index (χ4v) is 7.66. The summed E-state index contributed by atoms with van der Waals surface area (Å²) in [5.74, 6) is 0.310. The van der Waals surface area contributed by atoms with Crippen molar-refractivity contribution in [3.05, 3.63) is 64.0 Å². The second-order valence-electron chi connectivity index (χ2n) is 11.5. The Balaban J connectivity index is 1.20. The van der Waals surface area contributed by atoms with Gasteiger partial charge >= 0.3 is 0 Å². The van der Waals surface area contributed by atoms with Crippen molar-refractivity contribution in [1.29, 1.82) is 0 Å². The molecule has 6 aliphatic rings. The van der Waals surface area contributed by atoms with Crippen molar-refractivity contribution >= 4 is 17.7 Å². The van der Waals surface area contributed by atoms with Gasteiger partial charge in [0, 0.05) is 98.2 Å². The molecule has 2 aliphatic carbocycles. The maximum absolute atomic E-state index is 14.1. The predicted octanol–water partition coefficient (Wildman–Crippen LogP) is 3.62. The van der Waals surface area contributed by atoms with Crippen molar-refractivity contribution in [3.63, 3.8) is 0 Å². The lowest BCUT2D eigenvalue weighted by molar-refractivity contribution is 0.0115. The fraction of sp³-hybridized carbons (Fsp3) is 0.548. The molecule has 0 radical (unpaired) electrons. The summed E-state index contributed by atoms with van der Waals surface area (Å²) in [7, 11) is 1.80. The van der Waals surface area contributed by atoms with Gasteiger partial charge in [0.05, 0.1) is 13.2 Å². The molecule has 1 atom stereocenters. The quantitative estimate of drug-likeness (QED) is 0.622. The van der Waals surface area contributed by atoms with E-state index in [1.54, 1.807) is 7.05 Å². The summed E-state index contributed by atoms with van der Waals surface area (Å²) in [5, 5.41) is 3.79. The van der Waals surface area contributed by atoms with Gasteiger partial charge in [0.25, 0.3) is 0 Å². The molecule has 7 nitrogen and oxygen atoms in total. The number of carbonyl (C=O) groups excluding carboxylic acids is 1. The molecule has 0 saturated carbocycles. The first-order chi connectivity index (χ1) is 18.7. The summed E-state index contributed by atoms with van der Waals surface area (Å²) in [5.41, 5.74) is 7.53. The molecule has 0 aromatic heterocycles. The number of hydrogen-bond acceptors (Lipinski definition) is 7. The highest BCUT2D eigenvalue weighted by molar-refractivity contribution is 6.13. The van der Waals surface area contributed by atoms with Crippen molar-refractivity contribution in [3.8, 4) is 0 Å². The van der Waals surface area contributed by atoms with Gasteiger partial charge in [0.15, 0.2) is 5.78 Å². The first-order valence-corrected chi connectivity index (χ1v) is 14.4. The third-order valence-corrected chi connectivity index (χ3v) is 9.68. The smallest absolute Gasteiger partial charge is 0.191 e. The summed E-state index contributed by atoms with van der Waals surface area (Å²) in [6.45, 7) is 7.38. The van der Waals surface area contributed by atoms with Crippen LogP contribution >= 0.6 is 0 Å². The van der Waals surface area contributed by atoms with E-state index < -0.39 is 0 Å². The van der Waals surface area contributed by atoms with E-state index in [0.29, 0.717) is 6.04 Å². The van der Waals surface area contributed by atoms with E-state index in [1.807, 2.05) is 6.21 Å². The number of benzene rings is 1. The second-order valence-corrected chi connectivity index (χ2v) is 11.5. The normalized spacial score (nSPS) is 27.7. The van der Waals surface area contributed by atoms with Crippen molar-refractivity contribution in [2.45, 2.75) is 43.6 Å². The Hall–Kier alpha value is -2.74. The number of piperidine rings is 1. The van der Waals surface area contributed by atoms with Crippen LogP contribution in [0.1, 0.15) is 48.0 Å². The minimum Gasteiger partial charge on any atom is -0.381 e. The Morgan fingerprint density at radius 2 is 1.82 bits per heavy atom. The number of nitrogens with zero attached hydrogens (tertiary/aromatic N) is 3. The number of hydrogen-bond donors (Lipinski definition) is 1. The second kappa shape index (κ2) is 9.78. The molecule has 7 heteroatoms. The number of ether oxygens (including phenoxy) is 2. The summed E-state index contributed by atoms with van der Waals surface area (Å²) in [4.78, 5) is 23.4. The van der Waals surface area contributed by atoms with Crippen LogP contribution in [0, 0.1) is 5.92 Å². The zero-order chi connectivity index (χ0) is 25.7. The molecule has 200 valence electrons. The van der Waals surface area contributed by atoms with E-state index in [-0.39, 0.29) is 17.1 Å². The molecule has 1 aromatic carbocycles. The lowest BCUT2D eigenvalue weighted by Crippen LogP contribution is -2.49. The van der Waals surface area contributed by atoms with Gasteiger partial charge in [0.1, 0.15) is 0 Å². The number of morpholine rings is 1. The van der Waals surface area contributed by atoms with Gasteiger partial charge < -0.3 is 19.7 Å². The highest BCUT2D eigenvalue weighted by Crippen LogP contribution is 2.53. The number of allylic oxidation sites excluding steroid dienone is 5. The molecular weight excluding hydrogens is 476 g/mol. The average molecular weight is 515 g/mol. The summed E-state index contributed by atoms with van der Waals surface area (Å²) in [6.07, 6.45) is 11.3. The number of carbonyl (C=O) groups is 1. The summed E-state index contributed by atoms with van der Waals surface area (Å²) >= 11 is 0. The van der Waals surface area contributed by atoms with Crippen LogP contribution in [-0.4, -0.2) is 82.6 Å². The number of anilines is 1. The molecule has 1 unspecified atom stereocenters. The van der Waals surface area contributed by atoms with Crippen molar-refractivity contribution in [1.82, 2.24) is 10.2 Å². The van der Waals surface area contributed by atoms with E-state index >= 15 is 0 Å². The zero-order valence-corrected chi connectivity index (χ0v) is 22.4. The van der Waals surface area contributed by atoms with Gasteiger partial charge in [-0.25, -0.2) is 0 Å². The van der Waals surface area contributed by atoms with E-state index in [2.05, 4.69) is 50.5 Å². The van der Waals surface area contributed by atoms with Gasteiger partial charge in [-0.3, -0.25) is 14.7 Å². The van der Waals surface area contributed by atoms with Crippen molar-refractivity contribution < 1.29 is 14.3 Å². The molecule has 0 amide bonds. The Bertz CT molecular complexity index is 1240. The van der Waals surface area contributed by atoms with Crippen LogP contribution in [0.2, 0.25) is 0 Å². The summed E-state index contributed by atoms with van der Waals surface area (Å²) < 4.78 is 11.4. The average Bonchev–Trinajstić information content (AvgIpc) is 3.37. The number of nitrogens with one attached hydrogen (secondary N) is 1. The standard InChI is InChI=1S/C31H38N4O3/c1-32-20-21-2-4-25-27(18-21)33-30-28(25)29(36)24-5-3-23(19-26(24)31(30)8-14-37-15-9-31)34-10-6-22(7-11-34)35-12-16-38-17-13-35/h2-3,5,18-20,22,25,33H,4,6-17H2,1H3/b32-20-. The van der Waals surface area contributed by atoms with Crippen LogP contribution in [0.15, 0.2) is 57.9 Å². The maximum Gasteiger partial charge on any atom is 0.191 e. The number of ketones is 1. The van der Waals surface area contributed by atoms with Crippen LogP contribution in [0.3, 0.4) is 0 Å². The SMILES string of the molecule is C/N=C\C1=CCC2C(=C1)NC1=C2C(=O)c2ccc(N3CCC(N4CCOCC4)CC3)cc2C12CCOCC2. The van der Waals surface area contributed by atoms with Gasteiger partial charge in [-0.15, -0.1) is 0 Å². The number of fused-ring (bicyclic) bond motifs is 5. The highest BCUT2D eigenvalue weighted by Gasteiger charge is 2.51. The number of Topliss-reactive ketones (excluding diaryl/α,β-unsaturated/α-hetero) is 1. The van der Waals surface area contributed by atoms with Gasteiger partial charge in [-0.05, 0) is 67.5 Å². The van der Waals surface area contributed by atoms with Gasteiger partial charge in [-0.2, -0.15) is 0 Å². The lowest BCUT2D eigenvalue weighted by Gasteiger charge is -2.44. The van der Waals surface area contributed by atoms with Crippen LogP contribution < -0.4 is 10.2 Å². The van der Waals surface area contributed by atoms with E-state index in [1.165, 1.54) is 24.1 Å². The molecule has 4 heterocycles. The van der Waals surface area contributed by atoms with Gasteiger partial charge in [0.2, 0.25) is 0 Å². The fourth-order valence-electron chi connectivity index (χ4n) is 7.66. The van der Waals surface area contributed by atoms with E-state index in [9.17, 15) is 4.79 Å². The molecule has 1 spiro atoms. The van der Waals surface area contributed by atoms with E-state index in [0.717, 1.165) is 100.0 Å². The monoisotopic (exact) mass is 514 g/mol. The van der Waals surface area contributed by atoms with Crippen molar-refractivity contribution in [2.75, 3.05) is 64.6 Å². The Morgan fingerprint density at radius 1 is 1.05 bits per heavy atom. The van der Waals surface area contributed by atoms with Crippen LogP contribution in [0.4, 0.5) is 5.69 Å². The molecule has 0 bridgehead atoms. The third kappa shape index (κ3) is 3.90. The Labute approximate surface area is 225 Å². The largest absolute Gasteiger partial charge is 0.381 e. The minimum absolute atomic E-state index is 0.110. The van der Waals surface area contributed by atoms with Crippen LogP contribution in [0.5, 0.6) is 0 Å². The van der Waals surface area contributed by atoms with Crippen LogP contribution in [-0.2, 0) is 14.9 Å². The minimum atomic E-state index is -0.198. The molecular formula is C31H38N4O3. The molecule has 3 saturated heterocycles. The molecule has 1 aromatic rings. The molecule has 3 fully saturated rings. The molecule has 4 aliphatic heterocycles. The highest BCUT2D eigenvalue weighted by atomic mass is 16.5. The lowest BCUT2D eigenvalue weighted by atomic mass is 9.64. The zero-order valence-electron chi connectivity index (χ0n) is 22.4. The number of aliphatic imine (C=N–C) groups is 1. The molecule has 1 N–H and O–H groups in total. The maximum atomic E-state index is 14.1. The Kier molecular flexibility index (Phi) is 6.26. The van der Waals surface area contributed by atoms with Crippen LogP contribution in [0.25, 0.3) is 0 Å².